The molecule has 0 unspecified atom stereocenters. The predicted molar refractivity (Wildman–Crippen MR) is 121 cm³/mol. The topological polar surface area (TPSA) is 37.3 Å². The van der Waals surface area contributed by atoms with Gasteiger partial charge in [0.15, 0.2) is 0 Å². The molecule has 0 spiro atoms. The summed E-state index contributed by atoms with van der Waals surface area (Å²) < 4.78 is 77.8. The number of alkyl halides is 6. The van der Waals surface area contributed by atoms with Gasteiger partial charge in [-0.3, -0.25) is 4.79 Å². The first-order chi connectivity index (χ1) is 15.8. The molecule has 34 heavy (non-hydrogen) atoms. The highest BCUT2D eigenvalue weighted by Gasteiger charge is 2.34. The van der Waals surface area contributed by atoms with Crippen molar-refractivity contribution in [2.45, 2.75) is 24.2 Å². The van der Waals surface area contributed by atoms with Crippen molar-refractivity contribution >= 4 is 45.0 Å². The number of Topliss-reactive ketones (excluding diaryl/α,β-unsaturated/α-hetero) is 1. The monoisotopic (exact) mass is 512 g/mol. The summed E-state index contributed by atoms with van der Waals surface area (Å²) in [5.74, 6) is -0.502. The van der Waals surface area contributed by atoms with Crippen molar-refractivity contribution in [2.75, 3.05) is 0 Å². The molecule has 0 saturated carbocycles. The molecule has 3 aromatic rings. The summed E-state index contributed by atoms with van der Waals surface area (Å²) >= 11 is 1.96. The van der Waals surface area contributed by atoms with Gasteiger partial charge in [-0.05, 0) is 55.5 Å². The van der Waals surface area contributed by atoms with E-state index in [1.165, 1.54) is 18.2 Å². The minimum Gasteiger partial charge on any atom is -0.506 e. The molecular weight excluding hydrogens is 498 g/mol. The highest BCUT2D eigenvalue weighted by atomic mass is 32.2. The van der Waals surface area contributed by atoms with Crippen LogP contribution < -0.4 is 0 Å². The number of halogens is 6. The van der Waals surface area contributed by atoms with Gasteiger partial charge in [-0.15, -0.1) is 11.3 Å². The van der Waals surface area contributed by atoms with Crippen LogP contribution in [0.3, 0.4) is 0 Å². The second-order valence-corrected chi connectivity index (χ2v) is 9.61. The third kappa shape index (κ3) is 4.78. The molecule has 0 aliphatic carbocycles. The van der Waals surface area contributed by atoms with E-state index in [1.807, 2.05) is 0 Å². The second-order valence-electron chi connectivity index (χ2n) is 7.44. The average molecular weight is 512 g/mol. The fourth-order valence-electron chi connectivity index (χ4n) is 3.24. The molecule has 0 bridgehead atoms. The Morgan fingerprint density at radius 2 is 1.62 bits per heavy atom. The molecule has 0 atom stereocenters. The van der Waals surface area contributed by atoms with Gasteiger partial charge in [0.1, 0.15) is 5.75 Å². The van der Waals surface area contributed by atoms with Crippen LogP contribution >= 0.6 is 23.1 Å². The zero-order chi connectivity index (χ0) is 24.8. The molecule has 4 rings (SSSR count). The maximum Gasteiger partial charge on any atom is 0.416 e. The average Bonchev–Trinajstić information content (AvgIpc) is 3.25. The summed E-state index contributed by atoms with van der Waals surface area (Å²) in [5.41, 5.74) is -0.769. The van der Waals surface area contributed by atoms with E-state index >= 15 is 0 Å². The van der Waals surface area contributed by atoms with Crippen LogP contribution in [0.1, 0.15) is 33.3 Å². The molecule has 0 saturated heterocycles. The highest BCUT2D eigenvalue weighted by molar-refractivity contribution is 8.04. The number of fused-ring (bicyclic) bond motifs is 2. The molecule has 2 aromatic carbocycles. The van der Waals surface area contributed by atoms with Gasteiger partial charge in [0, 0.05) is 20.5 Å². The van der Waals surface area contributed by atoms with Crippen LogP contribution in [0.15, 0.2) is 70.0 Å². The molecule has 1 aliphatic heterocycles. The van der Waals surface area contributed by atoms with Crippen molar-refractivity contribution in [3.05, 3.63) is 86.7 Å². The summed E-state index contributed by atoms with van der Waals surface area (Å²) in [6, 6.07) is 6.10. The van der Waals surface area contributed by atoms with Crippen molar-refractivity contribution < 1.29 is 36.2 Å². The SMILES string of the molecule is CC(/C=C/c1sc2cc(C(F)(F)F)ccc2c1O)=C\C=C1\Sc2cc(C(F)(F)F)ccc2C1=O. The summed E-state index contributed by atoms with van der Waals surface area (Å²) in [5, 5.41) is 10.6. The number of thioether (sulfide) groups is 1. The molecule has 10 heteroatoms. The lowest BCUT2D eigenvalue weighted by atomic mass is 10.1. The number of carbonyl (C=O) groups is 1. The molecule has 2 nitrogen and oxygen atoms in total. The van der Waals surface area contributed by atoms with Gasteiger partial charge in [0.25, 0.3) is 0 Å². The van der Waals surface area contributed by atoms with Crippen molar-refractivity contribution in [1.82, 2.24) is 0 Å². The summed E-state index contributed by atoms with van der Waals surface area (Å²) in [7, 11) is 0. The summed E-state index contributed by atoms with van der Waals surface area (Å²) in [6.07, 6.45) is -2.73. The largest absolute Gasteiger partial charge is 0.506 e. The number of rotatable bonds is 3. The summed E-state index contributed by atoms with van der Waals surface area (Å²) in [4.78, 5) is 13.3. The van der Waals surface area contributed by atoms with Crippen LogP contribution in [-0.4, -0.2) is 10.9 Å². The van der Waals surface area contributed by atoms with Crippen molar-refractivity contribution in [2.24, 2.45) is 0 Å². The highest BCUT2D eigenvalue weighted by Crippen LogP contribution is 2.43. The Morgan fingerprint density at radius 3 is 2.29 bits per heavy atom. The van der Waals surface area contributed by atoms with Gasteiger partial charge in [-0.2, -0.15) is 26.3 Å². The van der Waals surface area contributed by atoms with Gasteiger partial charge in [0.05, 0.1) is 20.9 Å². The number of carbonyl (C=O) groups excluding carboxylic acids is 1. The molecular formula is C24H14F6O2S2. The molecule has 2 heterocycles. The molecule has 1 N–H and O–H groups in total. The Morgan fingerprint density at radius 1 is 0.971 bits per heavy atom. The first kappa shape index (κ1) is 24.2. The Bertz CT molecular complexity index is 1390. The molecule has 176 valence electrons. The van der Waals surface area contributed by atoms with E-state index in [4.69, 9.17) is 0 Å². The lowest BCUT2D eigenvalue weighted by molar-refractivity contribution is -0.138. The zero-order valence-corrected chi connectivity index (χ0v) is 18.8. The lowest BCUT2D eigenvalue weighted by Crippen LogP contribution is -2.05. The van der Waals surface area contributed by atoms with Gasteiger partial charge in [0.2, 0.25) is 5.78 Å². The minimum atomic E-state index is -4.50. The van der Waals surface area contributed by atoms with Crippen molar-refractivity contribution in [1.29, 1.82) is 0 Å². The first-order valence-electron chi connectivity index (χ1n) is 9.68. The Balaban J connectivity index is 1.54. The van der Waals surface area contributed by atoms with E-state index in [1.54, 1.807) is 25.2 Å². The van der Waals surface area contributed by atoms with Crippen LogP contribution in [0.2, 0.25) is 0 Å². The van der Waals surface area contributed by atoms with E-state index in [2.05, 4.69) is 0 Å². The number of ketones is 1. The van der Waals surface area contributed by atoms with Gasteiger partial charge >= 0.3 is 12.4 Å². The Kier molecular flexibility index (Phi) is 6.15. The van der Waals surface area contributed by atoms with Crippen LogP contribution in [0.4, 0.5) is 26.3 Å². The van der Waals surface area contributed by atoms with Crippen LogP contribution in [0.25, 0.3) is 16.2 Å². The lowest BCUT2D eigenvalue weighted by Gasteiger charge is -2.07. The first-order valence-corrected chi connectivity index (χ1v) is 11.3. The van der Waals surface area contributed by atoms with Crippen molar-refractivity contribution in [3.63, 3.8) is 0 Å². The number of hydrogen-bond donors (Lipinski definition) is 1. The molecule has 0 amide bonds. The second kappa shape index (κ2) is 8.66. The van der Waals surface area contributed by atoms with E-state index in [-0.39, 0.29) is 26.9 Å². The molecule has 0 fully saturated rings. The normalized spacial score (nSPS) is 16.3. The fourth-order valence-corrected chi connectivity index (χ4v) is 5.31. The number of benzene rings is 2. The van der Waals surface area contributed by atoms with Crippen LogP contribution in [0, 0.1) is 0 Å². The smallest absolute Gasteiger partial charge is 0.416 e. The fraction of sp³-hybridized carbons (Fsp3) is 0.125. The predicted octanol–water partition coefficient (Wildman–Crippen LogP) is 8.48. The molecule has 1 aliphatic rings. The van der Waals surface area contributed by atoms with Gasteiger partial charge < -0.3 is 5.11 Å². The van der Waals surface area contributed by atoms with Crippen LogP contribution in [0.5, 0.6) is 5.75 Å². The third-order valence-electron chi connectivity index (χ3n) is 5.01. The molecule has 0 radical (unpaired) electrons. The van der Waals surface area contributed by atoms with Crippen molar-refractivity contribution in [3.8, 4) is 5.75 Å². The number of hydrogen-bond acceptors (Lipinski definition) is 4. The Hall–Kier alpha value is -2.98. The van der Waals surface area contributed by atoms with Crippen LogP contribution in [-0.2, 0) is 12.4 Å². The third-order valence-corrected chi connectivity index (χ3v) is 7.22. The maximum atomic E-state index is 12.9. The quantitative estimate of drug-likeness (QED) is 0.217. The Labute approximate surface area is 197 Å². The van der Waals surface area contributed by atoms with Gasteiger partial charge in [-0.25, -0.2) is 0 Å². The van der Waals surface area contributed by atoms with E-state index < -0.39 is 23.5 Å². The number of allylic oxidation sites excluding steroid dienone is 5. The van der Waals surface area contributed by atoms with E-state index in [0.29, 0.717) is 20.5 Å². The zero-order valence-electron chi connectivity index (χ0n) is 17.2. The summed E-state index contributed by atoms with van der Waals surface area (Å²) in [6.45, 7) is 1.71. The molecule has 1 aromatic heterocycles. The standard InChI is InChI=1S/C24H14F6O2S2/c1-12(2-8-17-21(31)15-6-4-13(23(25,26)27)10-19(15)33-17)3-9-18-22(32)16-7-5-14(24(28,29)30)11-20(16)34-18/h2-11,31H,1H3/b8-2+,12-3+,18-9+. The number of thiophene rings is 1. The van der Waals surface area contributed by atoms with E-state index in [0.717, 1.165) is 47.4 Å². The number of aromatic hydroxyl groups is 1. The minimum absolute atomic E-state index is 0.131. The maximum absolute atomic E-state index is 12.9. The van der Waals surface area contributed by atoms with E-state index in [9.17, 15) is 36.2 Å². The van der Waals surface area contributed by atoms with Gasteiger partial charge in [-0.1, -0.05) is 29.5 Å².